The molecule has 0 aliphatic heterocycles. The number of aliphatic hydroxyl groups excluding tert-OH is 1. The third kappa shape index (κ3) is 3.42. The molecule has 0 fully saturated rings. The van der Waals surface area contributed by atoms with E-state index in [2.05, 4.69) is 10.2 Å². The van der Waals surface area contributed by atoms with Crippen molar-refractivity contribution >= 4 is 23.1 Å². The van der Waals surface area contributed by atoms with Gasteiger partial charge in [0.25, 0.3) is 0 Å². The minimum absolute atomic E-state index is 0.529. The van der Waals surface area contributed by atoms with Gasteiger partial charge in [0.2, 0.25) is 0 Å². The van der Waals surface area contributed by atoms with Gasteiger partial charge in [0, 0.05) is 5.75 Å². The van der Waals surface area contributed by atoms with E-state index in [-0.39, 0.29) is 0 Å². The second kappa shape index (κ2) is 6.00. The summed E-state index contributed by atoms with van der Waals surface area (Å²) in [6.45, 7) is 0. The first-order valence-corrected chi connectivity index (χ1v) is 6.87. The van der Waals surface area contributed by atoms with E-state index >= 15 is 0 Å². The van der Waals surface area contributed by atoms with E-state index in [1.165, 1.54) is 23.1 Å². The normalized spacial score (nSPS) is 12.4. The summed E-state index contributed by atoms with van der Waals surface area (Å²) in [5.41, 5.74) is 2.53. The summed E-state index contributed by atoms with van der Waals surface area (Å²) in [7, 11) is 1.61. The van der Waals surface area contributed by atoms with E-state index in [0.29, 0.717) is 5.75 Å². The Morgan fingerprint density at radius 2 is 2.41 bits per heavy atom. The molecule has 90 valence electrons. The summed E-state index contributed by atoms with van der Waals surface area (Å²) in [4.78, 5) is 0. The zero-order chi connectivity index (χ0) is 12.1. The van der Waals surface area contributed by atoms with Gasteiger partial charge in [-0.3, -0.25) is 0 Å². The second-order valence-electron chi connectivity index (χ2n) is 3.31. The summed E-state index contributed by atoms with van der Waals surface area (Å²) in [5.74, 6) is 1.31. The Labute approximate surface area is 108 Å². The Hall–Kier alpha value is -1.11. The standard InChI is InChI=1S/C11H12N2O2S2/c1-15-9-4-2-3-8(5-9)10(14)6-16-11-13-12-7-17-11/h2-5,7,10,14H,6H2,1H3. The molecule has 6 heteroatoms. The molecule has 0 aliphatic carbocycles. The van der Waals surface area contributed by atoms with Crippen LogP contribution >= 0.6 is 23.1 Å². The van der Waals surface area contributed by atoms with Gasteiger partial charge in [-0.25, -0.2) is 0 Å². The Bertz CT molecular complexity index is 462. The highest BCUT2D eigenvalue weighted by Crippen LogP contribution is 2.26. The van der Waals surface area contributed by atoms with E-state index in [0.717, 1.165) is 15.7 Å². The average Bonchev–Trinajstić information content (AvgIpc) is 2.89. The molecule has 0 bridgehead atoms. The van der Waals surface area contributed by atoms with Gasteiger partial charge < -0.3 is 9.84 Å². The molecule has 0 saturated carbocycles. The van der Waals surface area contributed by atoms with Gasteiger partial charge in [-0.1, -0.05) is 35.2 Å². The van der Waals surface area contributed by atoms with E-state index in [1.807, 2.05) is 24.3 Å². The third-order valence-corrected chi connectivity index (χ3v) is 4.12. The molecule has 0 amide bonds. The number of aliphatic hydroxyl groups is 1. The molecule has 4 nitrogen and oxygen atoms in total. The van der Waals surface area contributed by atoms with Crippen molar-refractivity contribution < 1.29 is 9.84 Å². The maximum Gasteiger partial charge on any atom is 0.174 e. The number of aromatic nitrogens is 2. The molecule has 0 spiro atoms. The monoisotopic (exact) mass is 268 g/mol. The van der Waals surface area contributed by atoms with Crippen LogP contribution in [0.15, 0.2) is 34.1 Å². The lowest BCUT2D eigenvalue weighted by Gasteiger charge is -2.10. The van der Waals surface area contributed by atoms with Crippen LogP contribution in [0.25, 0.3) is 0 Å². The van der Waals surface area contributed by atoms with Gasteiger partial charge in [0.1, 0.15) is 11.3 Å². The molecule has 1 N–H and O–H groups in total. The number of methoxy groups -OCH3 is 1. The number of nitrogens with zero attached hydrogens (tertiary/aromatic N) is 2. The first-order chi connectivity index (χ1) is 8.29. The predicted molar refractivity (Wildman–Crippen MR) is 68.6 cm³/mol. The van der Waals surface area contributed by atoms with Crippen molar-refractivity contribution in [3.63, 3.8) is 0 Å². The quantitative estimate of drug-likeness (QED) is 0.844. The van der Waals surface area contributed by atoms with Gasteiger partial charge >= 0.3 is 0 Å². The van der Waals surface area contributed by atoms with Crippen molar-refractivity contribution in [1.82, 2.24) is 10.2 Å². The minimum atomic E-state index is -0.529. The third-order valence-electron chi connectivity index (χ3n) is 2.18. The molecular formula is C11H12N2O2S2. The number of hydrogen-bond donors (Lipinski definition) is 1. The molecule has 2 aromatic rings. The fraction of sp³-hybridized carbons (Fsp3) is 0.273. The Morgan fingerprint density at radius 1 is 1.53 bits per heavy atom. The van der Waals surface area contributed by atoms with Crippen LogP contribution in [0, 0.1) is 0 Å². The Balaban J connectivity index is 1.96. The maximum atomic E-state index is 10.0. The van der Waals surface area contributed by atoms with Crippen LogP contribution in [0.1, 0.15) is 11.7 Å². The SMILES string of the molecule is COc1cccc(C(O)CSc2nncs2)c1. The lowest BCUT2D eigenvalue weighted by atomic mass is 10.1. The van der Waals surface area contributed by atoms with Crippen molar-refractivity contribution in [2.45, 2.75) is 10.4 Å². The number of benzene rings is 1. The highest BCUT2D eigenvalue weighted by Gasteiger charge is 2.10. The fourth-order valence-corrected chi connectivity index (χ4v) is 2.80. The number of thioether (sulfide) groups is 1. The fourth-order valence-electron chi connectivity index (χ4n) is 1.32. The Kier molecular flexibility index (Phi) is 4.36. The summed E-state index contributed by atoms with van der Waals surface area (Å²) < 4.78 is 5.98. The first kappa shape index (κ1) is 12.3. The molecule has 1 unspecified atom stereocenters. The molecular weight excluding hydrogens is 256 g/mol. The van der Waals surface area contributed by atoms with Crippen molar-refractivity contribution in [2.24, 2.45) is 0 Å². The summed E-state index contributed by atoms with van der Waals surface area (Å²) >= 11 is 2.97. The van der Waals surface area contributed by atoms with Gasteiger partial charge in [-0.2, -0.15) is 0 Å². The first-order valence-electron chi connectivity index (χ1n) is 5.00. The molecule has 2 rings (SSSR count). The molecule has 1 aromatic carbocycles. The lowest BCUT2D eigenvalue weighted by molar-refractivity contribution is 0.203. The molecule has 17 heavy (non-hydrogen) atoms. The molecule has 1 atom stereocenters. The zero-order valence-electron chi connectivity index (χ0n) is 9.24. The van der Waals surface area contributed by atoms with Crippen LogP contribution in [0.5, 0.6) is 5.75 Å². The lowest BCUT2D eigenvalue weighted by Crippen LogP contribution is -2.00. The van der Waals surface area contributed by atoms with E-state index in [1.54, 1.807) is 12.6 Å². The molecule has 0 saturated heterocycles. The van der Waals surface area contributed by atoms with Crippen molar-refractivity contribution in [3.8, 4) is 5.75 Å². The average molecular weight is 268 g/mol. The van der Waals surface area contributed by atoms with Crippen LogP contribution in [0.3, 0.4) is 0 Å². The minimum Gasteiger partial charge on any atom is -0.497 e. The van der Waals surface area contributed by atoms with Crippen LogP contribution in [-0.2, 0) is 0 Å². The highest BCUT2D eigenvalue weighted by molar-refractivity contribution is 8.01. The van der Waals surface area contributed by atoms with E-state index in [4.69, 9.17) is 4.74 Å². The van der Waals surface area contributed by atoms with Crippen LogP contribution in [0.2, 0.25) is 0 Å². The van der Waals surface area contributed by atoms with Gasteiger partial charge in [-0.15, -0.1) is 10.2 Å². The second-order valence-corrected chi connectivity index (χ2v) is 5.41. The molecule has 1 aromatic heterocycles. The number of hydrogen-bond acceptors (Lipinski definition) is 6. The molecule has 0 aliphatic rings. The van der Waals surface area contributed by atoms with Gasteiger partial charge in [0.15, 0.2) is 4.34 Å². The van der Waals surface area contributed by atoms with Crippen molar-refractivity contribution in [1.29, 1.82) is 0 Å². The van der Waals surface area contributed by atoms with Crippen molar-refractivity contribution in [3.05, 3.63) is 35.3 Å². The van der Waals surface area contributed by atoms with Crippen molar-refractivity contribution in [2.75, 3.05) is 12.9 Å². The molecule has 0 radical (unpaired) electrons. The largest absolute Gasteiger partial charge is 0.497 e. The topological polar surface area (TPSA) is 55.2 Å². The molecule has 1 heterocycles. The highest BCUT2D eigenvalue weighted by atomic mass is 32.2. The van der Waals surface area contributed by atoms with E-state index in [9.17, 15) is 5.11 Å². The summed E-state index contributed by atoms with van der Waals surface area (Å²) in [6, 6.07) is 7.44. The number of rotatable bonds is 5. The summed E-state index contributed by atoms with van der Waals surface area (Å²) in [6.07, 6.45) is -0.529. The van der Waals surface area contributed by atoms with Gasteiger partial charge in [0.05, 0.1) is 13.2 Å². The predicted octanol–water partition coefficient (Wildman–Crippen LogP) is 2.37. The van der Waals surface area contributed by atoms with Crippen LogP contribution < -0.4 is 4.74 Å². The number of ether oxygens (including phenoxy) is 1. The Morgan fingerprint density at radius 3 is 3.12 bits per heavy atom. The maximum absolute atomic E-state index is 10.0. The van der Waals surface area contributed by atoms with Crippen LogP contribution in [-0.4, -0.2) is 28.2 Å². The summed E-state index contributed by atoms with van der Waals surface area (Å²) in [5, 5.41) is 17.7. The zero-order valence-corrected chi connectivity index (χ0v) is 10.9. The van der Waals surface area contributed by atoms with Gasteiger partial charge in [-0.05, 0) is 17.7 Å². The van der Waals surface area contributed by atoms with E-state index < -0.39 is 6.10 Å². The smallest absolute Gasteiger partial charge is 0.174 e. The van der Waals surface area contributed by atoms with Crippen LogP contribution in [0.4, 0.5) is 0 Å².